The Morgan fingerprint density at radius 1 is 1.23 bits per heavy atom. The predicted octanol–water partition coefficient (Wildman–Crippen LogP) is 4.13. The van der Waals surface area contributed by atoms with E-state index in [2.05, 4.69) is 15.9 Å². The van der Waals surface area contributed by atoms with Crippen molar-refractivity contribution >= 4 is 28.0 Å². The van der Waals surface area contributed by atoms with Crippen LogP contribution in [-0.2, 0) is 11.4 Å². The van der Waals surface area contributed by atoms with E-state index < -0.39 is 5.97 Å². The molecule has 2 aromatic carbocycles. The van der Waals surface area contributed by atoms with Crippen LogP contribution in [0.2, 0.25) is 0 Å². The summed E-state index contributed by atoms with van der Waals surface area (Å²) in [5, 5.41) is 8.74. The normalized spacial score (nSPS) is 10.6. The molecule has 0 saturated heterocycles. The quantitative estimate of drug-likeness (QED) is 0.784. The molecule has 0 aliphatic rings. The third-order valence-electron chi connectivity index (χ3n) is 2.93. The highest BCUT2D eigenvalue weighted by atomic mass is 79.9. The van der Waals surface area contributed by atoms with E-state index in [-0.39, 0.29) is 0 Å². The zero-order valence-corrected chi connectivity index (χ0v) is 13.5. The zero-order chi connectivity index (χ0) is 15.9. The molecule has 0 fully saturated rings. The van der Waals surface area contributed by atoms with E-state index in [9.17, 15) is 4.79 Å². The standard InChI is InChI=1S/C17H15BrO4/c1-21-15-8-4-13(5-9-17(19)20)16(10-15)22-11-12-2-6-14(18)7-3-12/h2-10H,11H2,1H3,(H,19,20). The zero-order valence-electron chi connectivity index (χ0n) is 12.0. The minimum absolute atomic E-state index is 0.383. The van der Waals surface area contributed by atoms with Crippen LogP contribution in [0.25, 0.3) is 6.08 Å². The second kappa shape index (κ2) is 7.66. The Balaban J connectivity index is 2.19. The highest BCUT2D eigenvalue weighted by Crippen LogP contribution is 2.27. The third-order valence-corrected chi connectivity index (χ3v) is 3.46. The van der Waals surface area contributed by atoms with Crippen LogP contribution in [-0.4, -0.2) is 18.2 Å². The van der Waals surface area contributed by atoms with Gasteiger partial charge in [0.15, 0.2) is 0 Å². The number of rotatable bonds is 6. The molecule has 0 saturated carbocycles. The van der Waals surface area contributed by atoms with Gasteiger partial charge in [0.25, 0.3) is 0 Å². The molecule has 22 heavy (non-hydrogen) atoms. The summed E-state index contributed by atoms with van der Waals surface area (Å²) in [5.41, 5.74) is 1.69. The van der Waals surface area contributed by atoms with Crippen molar-refractivity contribution in [1.29, 1.82) is 0 Å². The van der Waals surface area contributed by atoms with Gasteiger partial charge in [-0.25, -0.2) is 4.79 Å². The minimum Gasteiger partial charge on any atom is -0.497 e. The lowest BCUT2D eigenvalue weighted by atomic mass is 10.1. The van der Waals surface area contributed by atoms with Gasteiger partial charge in [-0.15, -0.1) is 0 Å². The van der Waals surface area contributed by atoms with E-state index in [1.807, 2.05) is 24.3 Å². The van der Waals surface area contributed by atoms with Crippen LogP contribution in [0.4, 0.5) is 0 Å². The summed E-state index contributed by atoms with van der Waals surface area (Å²) in [6.45, 7) is 0.383. The lowest BCUT2D eigenvalue weighted by Gasteiger charge is -2.11. The first-order chi connectivity index (χ1) is 10.6. The molecule has 5 heteroatoms. The molecule has 0 bridgehead atoms. The van der Waals surface area contributed by atoms with Crippen LogP contribution in [0.15, 0.2) is 53.0 Å². The Kier molecular flexibility index (Phi) is 5.61. The summed E-state index contributed by atoms with van der Waals surface area (Å²) in [7, 11) is 1.57. The first-order valence-corrected chi connectivity index (χ1v) is 7.34. The number of hydrogen-bond acceptors (Lipinski definition) is 3. The fourth-order valence-corrected chi connectivity index (χ4v) is 2.07. The Hall–Kier alpha value is -2.27. The molecule has 2 aromatic rings. The SMILES string of the molecule is COc1ccc(C=CC(=O)O)c(OCc2ccc(Br)cc2)c1. The topological polar surface area (TPSA) is 55.8 Å². The van der Waals surface area contributed by atoms with E-state index in [4.69, 9.17) is 14.6 Å². The van der Waals surface area contributed by atoms with E-state index in [0.717, 1.165) is 16.1 Å². The van der Waals surface area contributed by atoms with Gasteiger partial charge in [0, 0.05) is 22.2 Å². The van der Waals surface area contributed by atoms with Crippen molar-refractivity contribution in [3.8, 4) is 11.5 Å². The lowest BCUT2D eigenvalue weighted by molar-refractivity contribution is -0.131. The average molecular weight is 363 g/mol. The van der Waals surface area contributed by atoms with Crippen LogP contribution < -0.4 is 9.47 Å². The summed E-state index contributed by atoms with van der Waals surface area (Å²) < 4.78 is 12.0. The van der Waals surface area contributed by atoms with Crippen LogP contribution >= 0.6 is 15.9 Å². The fourth-order valence-electron chi connectivity index (χ4n) is 1.81. The molecule has 4 nitrogen and oxygen atoms in total. The maximum Gasteiger partial charge on any atom is 0.328 e. The van der Waals surface area contributed by atoms with Crippen LogP contribution in [0.3, 0.4) is 0 Å². The van der Waals surface area contributed by atoms with Crippen LogP contribution in [0.5, 0.6) is 11.5 Å². The van der Waals surface area contributed by atoms with E-state index in [1.54, 1.807) is 25.3 Å². The summed E-state index contributed by atoms with van der Waals surface area (Å²) in [6.07, 6.45) is 2.58. The van der Waals surface area contributed by atoms with Gasteiger partial charge in [-0.2, -0.15) is 0 Å². The average Bonchev–Trinajstić information content (AvgIpc) is 2.52. The number of carboxylic acids is 1. The molecule has 0 radical (unpaired) electrons. The Bertz CT molecular complexity index is 678. The number of carboxylic acid groups (broad SMARTS) is 1. The Labute approximate surface area is 137 Å². The molecular weight excluding hydrogens is 348 g/mol. The van der Waals surface area contributed by atoms with Gasteiger partial charge in [-0.3, -0.25) is 0 Å². The summed E-state index contributed by atoms with van der Waals surface area (Å²) >= 11 is 3.38. The van der Waals surface area contributed by atoms with Crippen molar-refractivity contribution in [3.05, 3.63) is 64.1 Å². The molecule has 0 atom stereocenters. The van der Waals surface area contributed by atoms with Crippen molar-refractivity contribution in [2.24, 2.45) is 0 Å². The molecule has 0 unspecified atom stereocenters. The monoisotopic (exact) mass is 362 g/mol. The van der Waals surface area contributed by atoms with Crippen molar-refractivity contribution in [2.45, 2.75) is 6.61 Å². The van der Waals surface area contributed by atoms with Crippen LogP contribution in [0.1, 0.15) is 11.1 Å². The molecule has 0 aliphatic carbocycles. The van der Waals surface area contributed by atoms with Gasteiger partial charge in [0.05, 0.1) is 7.11 Å². The van der Waals surface area contributed by atoms with Gasteiger partial charge < -0.3 is 14.6 Å². The molecule has 0 spiro atoms. The highest BCUT2D eigenvalue weighted by molar-refractivity contribution is 9.10. The minimum atomic E-state index is -1.00. The number of ether oxygens (including phenoxy) is 2. The van der Waals surface area contributed by atoms with Crippen molar-refractivity contribution in [1.82, 2.24) is 0 Å². The maximum absolute atomic E-state index is 10.7. The second-order valence-electron chi connectivity index (χ2n) is 4.49. The van der Waals surface area contributed by atoms with E-state index in [1.165, 1.54) is 6.08 Å². The van der Waals surface area contributed by atoms with E-state index >= 15 is 0 Å². The van der Waals surface area contributed by atoms with Gasteiger partial charge in [-0.1, -0.05) is 28.1 Å². The smallest absolute Gasteiger partial charge is 0.328 e. The lowest BCUT2D eigenvalue weighted by Crippen LogP contribution is -1.98. The second-order valence-corrected chi connectivity index (χ2v) is 5.41. The first kappa shape index (κ1) is 16.1. The summed E-state index contributed by atoms with van der Waals surface area (Å²) in [4.78, 5) is 10.7. The van der Waals surface area contributed by atoms with Gasteiger partial charge in [-0.05, 0) is 35.9 Å². The molecule has 0 aromatic heterocycles. The molecular formula is C17H15BrO4. The van der Waals surface area contributed by atoms with Crippen LogP contribution in [0, 0.1) is 0 Å². The van der Waals surface area contributed by atoms with Gasteiger partial charge >= 0.3 is 5.97 Å². The molecule has 0 aliphatic heterocycles. The molecule has 0 amide bonds. The number of methoxy groups -OCH3 is 1. The number of aliphatic carboxylic acids is 1. The molecule has 2 rings (SSSR count). The summed E-state index contributed by atoms with van der Waals surface area (Å²) in [6, 6.07) is 13.0. The van der Waals surface area contributed by atoms with Crippen molar-refractivity contribution in [2.75, 3.05) is 7.11 Å². The number of halogens is 1. The predicted molar refractivity (Wildman–Crippen MR) is 88.1 cm³/mol. The van der Waals surface area contributed by atoms with Crippen molar-refractivity contribution in [3.63, 3.8) is 0 Å². The largest absolute Gasteiger partial charge is 0.497 e. The van der Waals surface area contributed by atoms with Gasteiger partial charge in [0.1, 0.15) is 18.1 Å². The molecule has 0 heterocycles. The molecule has 1 N–H and O–H groups in total. The highest BCUT2D eigenvalue weighted by Gasteiger charge is 2.05. The number of hydrogen-bond donors (Lipinski definition) is 1. The molecule has 114 valence electrons. The first-order valence-electron chi connectivity index (χ1n) is 6.55. The number of benzene rings is 2. The van der Waals surface area contributed by atoms with Crippen molar-refractivity contribution < 1.29 is 19.4 Å². The Morgan fingerprint density at radius 2 is 1.95 bits per heavy atom. The van der Waals surface area contributed by atoms with E-state index in [0.29, 0.717) is 23.7 Å². The summed E-state index contributed by atoms with van der Waals surface area (Å²) in [5.74, 6) is 0.215. The maximum atomic E-state index is 10.7. The van der Waals surface area contributed by atoms with Gasteiger partial charge in [0.2, 0.25) is 0 Å². The Morgan fingerprint density at radius 3 is 2.59 bits per heavy atom. The number of carbonyl (C=O) groups is 1. The third kappa shape index (κ3) is 4.63. The fraction of sp³-hybridized carbons (Fsp3) is 0.118.